The molecule has 0 saturated carbocycles. The number of fused-ring (bicyclic) bond motifs is 4. The molecule has 1 aromatic carbocycles. The Kier molecular flexibility index (Phi) is 4.21. The number of para-hydroxylation sites is 1. The van der Waals surface area contributed by atoms with Crippen LogP contribution in [0.3, 0.4) is 0 Å². The van der Waals surface area contributed by atoms with Gasteiger partial charge in [0.05, 0.1) is 16.7 Å². The van der Waals surface area contributed by atoms with E-state index in [1.54, 1.807) is 29.4 Å². The number of nitrogens with one attached hydrogen (secondary N) is 1. The van der Waals surface area contributed by atoms with Crippen LogP contribution in [0.2, 0.25) is 0 Å². The predicted octanol–water partition coefficient (Wildman–Crippen LogP) is 4.34. The van der Waals surface area contributed by atoms with E-state index in [1.807, 2.05) is 24.3 Å². The molecular weight excluding hydrogens is 376 g/mol. The maximum absolute atomic E-state index is 12.7. The van der Waals surface area contributed by atoms with E-state index >= 15 is 0 Å². The lowest BCUT2D eigenvalue weighted by atomic mass is 9.89. The molecule has 0 amide bonds. The van der Waals surface area contributed by atoms with Crippen molar-refractivity contribution in [1.82, 2.24) is 19.9 Å². The first-order valence-corrected chi connectivity index (χ1v) is 10.8. The summed E-state index contributed by atoms with van der Waals surface area (Å²) in [4.78, 5) is 31.4. The van der Waals surface area contributed by atoms with Gasteiger partial charge in [0.25, 0.3) is 5.56 Å². The van der Waals surface area contributed by atoms with Gasteiger partial charge in [-0.25, -0.2) is 15.0 Å². The van der Waals surface area contributed by atoms with Gasteiger partial charge in [-0.2, -0.15) is 0 Å². The van der Waals surface area contributed by atoms with Crippen molar-refractivity contribution in [2.45, 2.75) is 37.0 Å². The molecule has 5 rings (SSSR count). The summed E-state index contributed by atoms with van der Waals surface area (Å²) in [5, 5.41) is 2.74. The molecule has 1 aliphatic rings. The minimum atomic E-state index is -0.00445. The average molecular weight is 395 g/mol. The zero-order valence-electron chi connectivity index (χ0n) is 14.9. The molecule has 0 saturated heterocycles. The monoisotopic (exact) mass is 394 g/mol. The van der Waals surface area contributed by atoms with Gasteiger partial charge in [0.1, 0.15) is 22.0 Å². The molecule has 136 valence electrons. The number of aryl methyl sites for hydroxylation is 1. The average Bonchev–Trinajstić information content (AvgIpc) is 3.04. The van der Waals surface area contributed by atoms with Gasteiger partial charge in [-0.05, 0) is 36.8 Å². The molecule has 1 aliphatic carbocycles. The van der Waals surface area contributed by atoms with Gasteiger partial charge < -0.3 is 4.98 Å². The second-order valence-electron chi connectivity index (χ2n) is 7.03. The lowest BCUT2D eigenvalue weighted by Crippen LogP contribution is -2.14. The minimum absolute atomic E-state index is 0.00445. The van der Waals surface area contributed by atoms with Crippen LogP contribution in [0, 0.1) is 5.92 Å². The highest BCUT2D eigenvalue weighted by molar-refractivity contribution is 7.98. The quantitative estimate of drug-likeness (QED) is 0.413. The summed E-state index contributed by atoms with van der Waals surface area (Å²) < 4.78 is 0. The Hall–Kier alpha value is -2.25. The highest BCUT2D eigenvalue weighted by Crippen LogP contribution is 2.36. The maximum Gasteiger partial charge on any atom is 0.259 e. The van der Waals surface area contributed by atoms with E-state index in [0.29, 0.717) is 17.5 Å². The Morgan fingerprint density at radius 1 is 1.30 bits per heavy atom. The number of benzene rings is 1. The molecule has 0 aliphatic heterocycles. The molecule has 1 N–H and O–H groups in total. The topological polar surface area (TPSA) is 71.5 Å². The van der Waals surface area contributed by atoms with Crippen LogP contribution in [0.15, 0.2) is 40.4 Å². The van der Waals surface area contributed by atoms with E-state index in [4.69, 9.17) is 4.98 Å². The van der Waals surface area contributed by atoms with Crippen molar-refractivity contribution < 1.29 is 0 Å². The van der Waals surface area contributed by atoms with Crippen molar-refractivity contribution in [2.24, 2.45) is 5.92 Å². The number of thioether (sulfide) groups is 1. The molecule has 4 aromatic rings. The number of rotatable bonds is 3. The third-order valence-corrected chi connectivity index (χ3v) is 7.23. The zero-order chi connectivity index (χ0) is 18.4. The number of aromatic amines is 1. The van der Waals surface area contributed by atoms with Crippen molar-refractivity contribution in [3.05, 3.63) is 57.2 Å². The SMILES string of the molecule is CC1CCc2c(sc3nc(CSc4ncnc5ccccc45)[nH]c(=O)c23)C1. The Balaban J connectivity index is 1.48. The van der Waals surface area contributed by atoms with Gasteiger partial charge in [0.2, 0.25) is 0 Å². The summed E-state index contributed by atoms with van der Waals surface area (Å²) in [7, 11) is 0. The first-order valence-electron chi connectivity index (χ1n) is 9.05. The first-order chi connectivity index (χ1) is 13.2. The number of hydrogen-bond acceptors (Lipinski definition) is 6. The van der Waals surface area contributed by atoms with Crippen LogP contribution in [-0.2, 0) is 18.6 Å². The zero-order valence-corrected chi connectivity index (χ0v) is 16.5. The fourth-order valence-electron chi connectivity index (χ4n) is 3.69. The van der Waals surface area contributed by atoms with Crippen molar-refractivity contribution in [2.75, 3.05) is 0 Å². The molecule has 5 nitrogen and oxygen atoms in total. The van der Waals surface area contributed by atoms with Gasteiger partial charge in [-0.15, -0.1) is 11.3 Å². The van der Waals surface area contributed by atoms with Crippen LogP contribution in [0.25, 0.3) is 21.1 Å². The molecule has 1 unspecified atom stereocenters. The summed E-state index contributed by atoms with van der Waals surface area (Å²) >= 11 is 3.27. The first kappa shape index (κ1) is 16.9. The van der Waals surface area contributed by atoms with Gasteiger partial charge in [-0.3, -0.25) is 4.79 Å². The van der Waals surface area contributed by atoms with Crippen LogP contribution in [0.4, 0.5) is 0 Å². The summed E-state index contributed by atoms with van der Waals surface area (Å²) in [6.45, 7) is 2.28. The molecule has 0 fully saturated rings. The largest absolute Gasteiger partial charge is 0.309 e. The fraction of sp³-hybridized carbons (Fsp3) is 0.300. The van der Waals surface area contributed by atoms with Gasteiger partial charge in [0.15, 0.2) is 0 Å². The van der Waals surface area contributed by atoms with Crippen molar-refractivity contribution in [3.8, 4) is 0 Å². The highest BCUT2D eigenvalue weighted by Gasteiger charge is 2.23. The lowest BCUT2D eigenvalue weighted by molar-refractivity contribution is 0.509. The van der Waals surface area contributed by atoms with Gasteiger partial charge >= 0.3 is 0 Å². The molecular formula is C20H18N4OS2. The molecule has 0 radical (unpaired) electrons. The molecule has 3 aromatic heterocycles. The predicted molar refractivity (Wildman–Crippen MR) is 111 cm³/mol. The van der Waals surface area contributed by atoms with Crippen LogP contribution < -0.4 is 5.56 Å². The van der Waals surface area contributed by atoms with E-state index in [9.17, 15) is 4.79 Å². The van der Waals surface area contributed by atoms with Crippen LogP contribution >= 0.6 is 23.1 Å². The summed E-state index contributed by atoms with van der Waals surface area (Å²) in [6.07, 6.45) is 4.78. The Labute approximate surface area is 164 Å². The number of H-pyrrole nitrogens is 1. The van der Waals surface area contributed by atoms with Crippen LogP contribution in [0.5, 0.6) is 0 Å². The third kappa shape index (κ3) is 3.04. The number of nitrogens with zero attached hydrogens (tertiary/aromatic N) is 3. The Morgan fingerprint density at radius 2 is 2.19 bits per heavy atom. The molecule has 0 spiro atoms. The molecule has 1 atom stereocenters. The van der Waals surface area contributed by atoms with E-state index < -0.39 is 0 Å². The molecule has 0 bridgehead atoms. The summed E-state index contributed by atoms with van der Waals surface area (Å²) in [5.74, 6) is 1.96. The fourth-order valence-corrected chi connectivity index (χ4v) is 5.96. The van der Waals surface area contributed by atoms with Gasteiger partial charge in [0, 0.05) is 10.3 Å². The second-order valence-corrected chi connectivity index (χ2v) is 9.08. The van der Waals surface area contributed by atoms with E-state index in [2.05, 4.69) is 21.9 Å². The molecule has 27 heavy (non-hydrogen) atoms. The highest BCUT2D eigenvalue weighted by atomic mass is 32.2. The standard InChI is InChI=1S/C20H18N4OS2/c1-11-6-7-13-15(8-11)27-20-17(13)18(25)23-16(24-20)9-26-19-12-4-2-3-5-14(12)21-10-22-19/h2-5,10-11H,6-9H2,1H3,(H,23,24,25). The van der Waals surface area contributed by atoms with E-state index in [-0.39, 0.29) is 5.56 Å². The summed E-state index contributed by atoms with van der Waals surface area (Å²) in [5.41, 5.74) is 2.14. The Morgan fingerprint density at radius 3 is 3.11 bits per heavy atom. The van der Waals surface area contributed by atoms with Crippen LogP contribution in [-0.4, -0.2) is 19.9 Å². The smallest absolute Gasteiger partial charge is 0.259 e. The summed E-state index contributed by atoms with van der Waals surface area (Å²) in [6, 6.07) is 7.95. The number of hydrogen-bond donors (Lipinski definition) is 1. The second kappa shape index (κ2) is 6.73. The van der Waals surface area contributed by atoms with Crippen molar-refractivity contribution in [1.29, 1.82) is 0 Å². The number of aromatic nitrogens is 4. The van der Waals surface area contributed by atoms with Crippen molar-refractivity contribution >= 4 is 44.2 Å². The maximum atomic E-state index is 12.7. The minimum Gasteiger partial charge on any atom is -0.309 e. The van der Waals surface area contributed by atoms with E-state index in [0.717, 1.165) is 45.4 Å². The normalized spacial score (nSPS) is 16.7. The van der Waals surface area contributed by atoms with Crippen molar-refractivity contribution in [3.63, 3.8) is 0 Å². The van der Waals surface area contributed by atoms with Gasteiger partial charge in [-0.1, -0.05) is 36.9 Å². The molecule has 7 heteroatoms. The van der Waals surface area contributed by atoms with E-state index in [1.165, 1.54) is 10.4 Å². The molecule has 3 heterocycles. The number of thiophene rings is 1. The Bertz CT molecular complexity index is 1210. The third-order valence-electron chi connectivity index (χ3n) is 5.07. The lowest BCUT2D eigenvalue weighted by Gasteiger charge is -2.17. The van der Waals surface area contributed by atoms with Crippen LogP contribution in [0.1, 0.15) is 29.6 Å².